The highest BCUT2D eigenvalue weighted by Crippen LogP contribution is 2.30. The number of nitrogens with two attached hydrogens (primary N) is 1. The van der Waals surface area contributed by atoms with Crippen LogP contribution in [0.2, 0.25) is 0 Å². The standard InChI is InChI=1S/C22H23N5O2/c1-14-11-17(12-15(2)20(14)28-10-9-23)21-24-22(29-26-21)18-13-19(27(3)25-18)16-7-5-4-6-8-16/h4-8,11-13H,9-10,23H2,1-3H3. The summed E-state index contributed by atoms with van der Waals surface area (Å²) in [6.07, 6.45) is 0. The van der Waals surface area contributed by atoms with Crippen LogP contribution in [0.5, 0.6) is 5.75 Å². The van der Waals surface area contributed by atoms with E-state index in [-0.39, 0.29) is 0 Å². The molecule has 0 amide bonds. The Hall–Kier alpha value is -3.45. The molecule has 0 atom stereocenters. The van der Waals surface area contributed by atoms with Crippen LogP contribution in [0.25, 0.3) is 34.2 Å². The molecular weight excluding hydrogens is 366 g/mol. The maximum absolute atomic E-state index is 5.74. The van der Waals surface area contributed by atoms with Crippen LogP contribution in [0.15, 0.2) is 53.1 Å². The number of nitrogens with zero attached hydrogens (tertiary/aromatic N) is 4. The summed E-state index contributed by atoms with van der Waals surface area (Å²) in [7, 11) is 1.90. The van der Waals surface area contributed by atoms with Crippen molar-refractivity contribution in [2.45, 2.75) is 13.8 Å². The Labute approximate surface area is 169 Å². The lowest BCUT2D eigenvalue weighted by Crippen LogP contribution is -2.11. The van der Waals surface area contributed by atoms with Crippen LogP contribution in [-0.4, -0.2) is 33.1 Å². The van der Waals surface area contributed by atoms with Gasteiger partial charge in [0.05, 0.1) is 5.69 Å². The van der Waals surface area contributed by atoms with E-state index in [1.807, 2.05) is 74.1 Å². The molecule has 0 saturated heterocycles. The van der Waals surface area contributed by atoms with E-state index in [1.54, 1.807) is 0 Å². The summed E-state index contributed by atoms with van der Waals surface area (Å²) < 4.78 is 13.0. The molecule has 0 fully saturated rings. The van der Waals surface area contributed by atoms with Crippen molar-refractivity contribution in [2.24, 2.45) is 12.8 Å². The summed E-state index contributed by atoms with van der Waals surface area (Å²) >= 11 is 0. The van der Waals surface area contributed by atoms with Gasteiger partial charge in [0.1, 0.15) is 12.4 Å². The summed E-state index contributed by atoms with van der Waals surface area (Å²) in [5.41, 5.74) is 11.1. The molecule has 0 aliphatic carbocycles. The van der Waals surface area contributed by atoms with Gasteiger partial charge in [-0.3, -0.25) is 4.68 Å². The van der Waals surface area contributed by atoms with Gasteiger partial charge in [-0.15, -0.1) is 0 Å². The molecule has 0 bridgehead atoms. The van der Waals surface area contributed by atoms with Gasteiger partial charge in [-0.2, -0.15) is 10.1 Å². The molecule has 0 spiro atoms. The van der Waals surface area contributed by atoms with Crippen molar-refractivity contribution >= 4 is 0 Å². The van der Waals surface area contributed by atoms with Gasteiger partial charge in [-0.1, -0.05) is 35.5 Å². The van der Waals surface area contributed by atoms with E-state index in [4.69, 9.17) is 15.0 Å². The SMILES string of the molecule is Cc1cc(-c2noc(-c3cc(-c4ccccc4)n(C)n3)n2)cc(C)c1OCCN. The first-order valence-electron chi connectivity index (χ1n) is 9.45. The monoisotopic (exact) mass is 389 g/mol. The fraction of sp³-hybridized carbons (Fsp3) is 0.227. The van der Waals surface area contributed by atoms with Crippen molar-refractivity contribution in [3.8, 4) is 40.0 Å². The number of ether oxygens (including phenoxy) is 1. The summed E-state index contributed by atoms with van der Waals surface area (Å²) in [5.74, 6) is 1.75. The first-order chi connectivity index (χ1) is 14.1. The van der Waals surface area contributed by atoms with Gasteiger partial charge in [-0.25, -0.2) is 0 Å². The van der Waals surface area contributed by atoms with Gasteiger partial charge in [0, 0.05) is 19.2 Å². The largest absolute Gasteiger partial charge is 0.492 e. The van der Waals surface area contributed by atoms with E-state index in [0.29, 0.717) is 30.6 Å². The number of benzene rings is 2. The predicted octanol–water partition coefficient (Wildman–Crippen LogP) is 3.76. The lowest BCUT2D eigenvalue weighted by atomic mass is 10.1. The Morgan fingerprint density at radius 3 is 2.45 bits per heavy atom. The molecule has 2 N–H and O–H groups in total. The zero-order valence-corrected chi connectivity index (χ0v) is 16.7. The molecule has 0 aliphatic heterocycles. The third-order valence-corrected chi connectivity index (χ3v) is 4.68. The Kier molecular flexibility index (Phi) is 5.14. The molecule has 148 valence electrons. The fourth-order valence-electron chi connectivity index (χ4n) is 3.36. The van der Waals surface area contributed by atoms with E-state index in [2.05, 4.69) is 15.2 Å². The van der Waals surface area contributed by atoms with Crippen LogP contribution in [0.4, 0.5) is 0 Å². The number of hydrogen-bond acceptors (Lipinski definition) is 6. The third-order valence-electron chi connectivity index (χ3n) is 4.68. The second-order valence-corrected chi connectivity index (χ2v) is 6.90. The number of hydrogen-bond donors (Lipinski definition) is 1. The van der Waals surface area contributed by atoms with Gasteiger partial charge < -0.3 is 15.0 Å². The normalized spacial score (nSPS) is 11.0. The zero-order valence-electron chi connectivity index (χ0n) is 16.7. The highest BCUT2D eigenvalue weighted by atomic mass is 16.5. The second-order valence-electron chi connectivity index (χ2n) is 6.90. The van der Waals surface area contributed by atoms with Crippen molar-refractivity contribution in [3.05, 3.63) is 59.7 Å². The van der Waals surface area contributed by atoms with Gasteiger partial charge >= 0.3 is 0 Å². The Balaban J connectivity index is 1.64. The maximum Gasteiger partial charge on any atom is 0.278 e. The minimum absolute atomic E-state index is 0.386. The molecule has 2 heterocycles. The first kappa shape index (κ1) is 18.9. The first-order valence-corrected chi connectivity index (χ1v) is 9.45. The third kappa shape index (κ3) is 3.77. The molecular formula is C22H23N5O2. The van der Waals surface area contributed by atoms with Crippen molar-refractivity contribution in [1.82, 2.24) is 19.9 Å². The zero-order chi connectivity index (χ0) is 20.4. The Morgan fingerprint density at radius 2 is 1.76 bits per heavy atom. The summed E-state index contributed by atoms with van der Waals surface area (Å²) in [4.78, 5) is 4.56. The number of aromatic nitrogens is 4. The van der Waals surface area contributed by atoms with Crippen molar-refractivity contribution in [2.75, 3.05) is 13.2 Å². The Bertz CT molecular complexity index is 1110. The highest BCUT2D eigenvalue weighted by molar-refractivity contribution is 5.67. The molecule has 2 aromatic heterocycles. The van der Waals surface area contributed by atoms with Crippen molar-refractivity contribution in [3.63, 3.8) is 0 Å². The van der Waals surface area contributed by atoms with Crippen LogP contribution in [0.1, 0.15) is 11.1 Å². The molecule has 0 aliphatic rings. The van der Waals surface area contributed by atoms with E-state index in [0.717, 1.165) is 33.7 Å². The molecule has 29 heavy (non-hydrogen) atoms. The molecule has 0 radical (unpaired) electrons. The summed E-state index contributed by atoms with van der Waals surface area (Å²) in [6, 6.07) is 16.0. The van der Waals surface area contributed by atoms with Crippen LogP contribution < -0.4 is 10.5 Å². The van der Waals surface area contributed by atoms with Crippen LogP contribution in [0.3, 0.4) is 0 Å². The second kappa shape index (κ2) is 7.89. The average Bonchev–Trinajstić information content (AvgIpc) is 3.35. The van der Waals surface area contributed by atoms with Crippen LogP contribution in [-0.2, 0) is 7.05 Å². The fourth-order valence-corrected chi connectivity index (χ4v) is 3.36. The molecule has 2 aromatic carbocycles. The van der Waals surface area contributed by atoms with Crippen LogP contribution in [0, 0.1) is 13.8 Å². The van der Waals surface area contributed by atoms with E-state index in [9.17, 15) is 0 Å². The predicted molar refractivity (Wildman–Crippen MR) is 111 cm³/mol. The molecule has 0 unspecified atom stereocenters. The molecule has 4 rings (SSSR count). The minimum Gasteiger partial charge on any atom is -0.492 e. The highest BCUT2D eigenvalue weighted by Gasteiger charge is 2.17. The van der Waals surface area contributed by atoms with E-state index < -0.39 is 0 Å². The van der Waals surface area contributed by atoms with Crippen molar-refractivity contribution in [1.29, 1.82) is 0 Å². The van der Waals surface area contributed by atoms with Gasteiger partial charge in [0.25, 0.3) is 5.89 Å². The lowest BCUT2D eigenvalue weighted by Gasteiger charge is -2.12. The quantitative estimate of drug-likeness (QED) is 0.540. The lowest BCUT2D eigenvalue weighted by molar-refractivity contribution is 0.324. The smallest absolute Gasteiger partial charge is 0.278 e. The number of rotatable bonds is 6. The molecule has 7 nitrogen and oxygen atoms in total. The molecule has 4 aromatic rings. The average molecular weight is 389 g/mol. The molecule has 0 saturated carbocycles. The van der Waals surface area contributed by atoms with Gasteiger partial charge in [-0.05, 0) is 48.7 Å². The maximum atomic E-state index is 5.74. The summed E-state index contributed by atoms with van der Waals surface area (Å²) in [6.45, 7) is 4.95. The molecule has 7 heteroatoms. The van der Waals surface area contributed by atoms with E-state index >= 15 is 0 Å². The van der Waals surface area contributed by atoms with Crippen LogP contribution >= 0.6 is 0 Å². The van der Waals surface area contributed by atoms with Gasteiger partial charge in [0.15, 0.2) is 5.69 Å². The van der Waals surface area contributed by atoms with Gasteiger partial charge in [0.2, 0.25) is 5.82 Å². The van der Waals surface area contributed by atoms with E-state index in [1.165, 1.54) is 0 Å². The minimum atomic E-state index is 0.386. The van der Waals surface area contributed by atoms with Crippen molar-refractivity contribution < 1.29 is 9.26 Å². The summed E-state index contributed by atoms with van der Waals surface area (Å²) in [5, 5.41) is 8.69. The topological polar surface area (TPSA) is 92.0 Å². The Morgan fingerprint density at radius 1 is 1.03 bits per heavy atom. The number of aryl methyl sites for hydroxylation is 3.